The summed E-state index contributed by atoms with van der Waals surface area (Å²) in [6.07, 6.45) is 1.59. The second kappa shape index (κ2) is 12.2. The van der Waals surface area contributed by atoms with Gasteiger partial charge in [0.05, 0.1) is 21.6 Å². The van der Waals surface area contributed by atoms with Crippen molar-refractivity contribution in [3.8, 4) is 11.5 Å². The molecule has 1 saturated heterocycles. The van der Waals surface area contributed by atoms with Crippen molar-refractivity contribution >= 4 is 63.8 Å². The third kappa shape index (κ3) is 6.85. The molecule has 0 aromatic heterocycles. The first-order valence-corrected chi connectivity index (χ1v) is 12.8. The van der Waals surface area contributed by atoms with Gasteiger partial charge in [-0.1, -0.05) is 53.5 Å². The summed E-state index contributed by atoms with van der Waals surface area (Å²) in [5.74, 6) is 0.00140. The van der Waals surface area contributed by atoms with Crippen LogP contribution in [0, 0.1) is 0 Å². The number of ether oxygens (including phenoxy) is 2. The fourth-order valence-electron chi connectivity index (χ4n) is 3.45. The summed E-state index contributed by atoms with van der Waals surface area (Å²) < 4.78 is 11.6. The number of hydrogen-bond donors (Lipinski definition) is 1. The van der Waals surface area contributed by atoms with Crippen molar-refractivity contribution in [3.63, 3.8) is 0 Å². The van der Waals surface area contributed by atoms with Gasteiger partial charge in [0.25, 0.3) is 11.1 Å². The molecule has 1 fully saturated rings. The second-order valence-electron chi connectivity index (χ2n) is 7.86. The first-order chi connectivity index (χ1) is 17.8. The van der Waals surface area contributed by atoms with Gasteiger partial charge in [-0.15, -0.1) is 0 Å². The number of halogens is 2. The molecule has 0 saturated carbocycles. The van der Waals surface area contributed by atoms with E-state index in [1.54, 1.807) is 60.7 Å². The molecule has 0 bridgehead atoms. The van der Waals surface area contributed by atoms with E-state index in [1.165, 1.54) is 0 Å². The van der Waals surface area contributed by atoms with Gasteiger partial charge in [-0.2, -0.15) is 0 Å². The van der Waals surface area contributed by atoms with E-state index in [-0.39, 0.29) is 18.1 Å². The van der Waals surface area contributed by atoms with E-state index in [9.17, 15) is 14.4 Å². The molecule has 3 aromatic rings. The molecule has 0 radical (unpaired) electrons. The topological polar surface area (TPSA) is 84.9 Å². The molecule has 0 aliphatic carbocycles. The molecule has 1 N–H and O–H groups in total. The monoisotopic (exact) mass is 556 g/mol. The zero-order valence-corrected chi connectivity index (χ0v) is 22.0. The smallest absolute Gasteiger partial charge is 0.294 e. The van der Waals surface area contributed by atoms with Crippen LogP contribution in [-0.4, -0.2) is 35.1 Å². The second-order valence-corrected chi connectivity index (χ2v) is 9.67. The van der Waals surface area contributed by atoms with E-state index in [0.29, 0.717) is 39.4 Å². The summed E-state index contributed by atoms with van der Waals surface area (Å²) >= 11 is 12.8. The van der Waals surface area contributed by atoms with Crippen molar-refractivity contribution in [1.29, 1.82) is 0 Å². The Kier molecular flexibility index (Phi) is 8.76. The number of thioether (sulfide) groups is 1. The van der Waals surface area contributed by atoms with Gasteiger partial charge in [0, 0.05) is 5.69 Å². The molecule has 37 heavy (non-hydrogen) atoms. The summed E-state index contributed by atoms with van der Waals surface area (Å²) in [4.78, 5) is 38.8. The predicted molar refractivity (Wildman–Crippen MR) is 146 cm³/mol. The van der Waals surface area contributed by atoms with Gasteiger partial charge in [-0.3, -0.25) is 19.3 Å². The molecule has 190 valence electrons. The molecule has 1 heterocycles. The SMILES string of the molecule is CCOc1cc(/C=C2\SC(=O)N(CC(=O)Nc3ccccc3)C2=O)ccc1OCc1ccc(Cl)c(Cl)c1. The van der Waals surface area contributed by atoms with Crippen molar-refractivity contribution in [2.24, 2.45) is 0 Å². The number of anilines is 1. The molecular formula is C27H22Cl2N2O5S. The number of hydrogen-bond acceptors (Lipinski definition) is 6. The van der Waals surface area contributed by atoms with Gasteiger partial charge in [0.1, 0.15) is 13.2 Å². The highest BCUT2D eigenvalue weighted by Gasteiger charge is 2.36. The molecule has 0 spiro atoms. The van der Waals surface area contributed by atoms with Crippen molar-refractivity contribution in [1.82, 2.24) is 4.90 Å². The molecule has 1 aliphatic rings. The predicted octanol–water partition coefficient (Wildman–Crippen LogP) is 6.65. The Balaban J connectivity index is 1.45. The average molecular weight is 557 g/mol. The summed E-state index contributed by atoms with van der Waals surface area (Å²) in [7, 11) is 0. The van der Waals surface area contributed by atoms with Crippen LogP contribution in [-0.2, 0) is 16.2 Å². The highest BCUT2D eigenvalue weighted by atomic mass is 35.5. The first-order valence-electron chi connectivity index (χ1n) is 11.3. The van der Waals surface area contributed by atoms with E-state index >= 15 is 0 Å². The van der Waals surface area contributed by atoms with Gasteiger partial charge in [-0.25, -0.2) is 0 Å². The Morgan fingerprint density at radius 3 is 2.49 bits per heavy atom. The zero-order valence-electron chi connectivity index (χ0n) is 19.7. The Hall–Kier alpha value is -3.46. The summed E-state index contributed by atoms with van der Waals surface area (Å²) in [5, 5.41) is 3.07. The lowest BCUT2D eigenvalue weighted by molar-refractivity contribution is -0.127. The van der Waals surface area contributed by atoms with Crippen LogP contribution < -0.4 is 14.8 Å². The lowest BCUT2D eigenvalue weighted by atomic mass is 10.1. The Morgan fingerprint density at radius 2 is 1.76 bits per heavy atom. The Morgan fingerprint density at radius 1 is 0.973 bits per heavy atom. The standard InChI is InChI=1S/C27H22Cl2N2O5S/c1-2-35-23-13-17(9-11-22(23)36-16-18-8-10-20(28)21(29)12-18)14-24-26(33)31(27(34)37-24)15-25(32)30-19-6-4-3-5-7-19/h3-14H,2,15-16H2,1H3,(H,30,32)/b24-14-. The Bertz CT molecular complexity index is 1360. The van der Waals surface area contributed by atoms with Crippen LogP contribution in [0.3, 0.4) is 0 Å². The summed E-state index contributed by atoms with van der Waals surface area (Å²) in [6.45, 7) is 2.13. The third-order valence-corrected chi connectivity index (χ3v) is 6.82. The first kappa shape index (κ1) is 26.6. The minimum absolute atomic E-state index is 0.212. The molecular weight excluding hydrogens is 535 g/mol. The van der Waals surface area contributed by atoms with Crippen LogP contribution >= 0.6 is 35.0 Å². The van der Waals surface area contributed by atoms with Gasteiger partial charge in [-0.05, 0) is 72.3 Å². The molecule has 10 heteroatoms. The van der Waals surface area contributed by atoms with Gasteiger partial charge in [0.2, 0.25) is 5.91 Å². The van der Waals surface area contributed by atoms with E-state index in [1.807, 2.05) is 19.1 Å². The lowest BCUT2D eigenvalue weighted by Crippen LogP contribution is -2.36. The van der Waals surface area contributed by atoms with Gasteiger partial charge < -0.3 is 14.8 Å². The largest absolute Gasteiger partial charge is 0.490 e. The van der Waals surface area contributed by atoms with Crippen LogP contribution in [0.15, 0.2) is 71.6 Å². The zero-order chi connectivity index (χ0) is 26.4. The fraction of sp³-hybridized carbons (Fsp3) is 0.148. The van der Waals surface area contributed by atoms with Crippen LogP contribution in [0.1, 0.15) is 18.1 Å². The van der Waals surface area contributed by atoms with Crippen molar-refractivity contribution in [2.75, 3.05) is 18.5 Å². The van der Waals surface area contributed by atoms with Crippen molar-refractivity contribution < 1.29 is 23.9 Å². The van der Waals surface area contributed by atoms with E-state index in [2.05, 4.69) is 5.32 Å². The number of imide groups is 1. The number of nitrogens with zero attached hydrogens (tertiary/aromatic N) is 1. The summed E-state index contributed by atoms with van der Waals surface area (Å²) in [5.41, 5.74) is 2.07. The number of amides is 3. The molecule has 4 rings (SSSR count). The molecule has 3 amide bonds. The number of carbonyl (C=O) groups is 3. The van der Waals surface area contributed by atoms with Crippen LogP contribution in [0.2, 0.25) is 10.0 Å². The fourth-order valence-corrected chi connectivity index (χ4v) is 4.60. The highest BCUT2D eigenvalue weighted by molar-refractivity contribution is 8.18. The minimum atomic E-state index is -0.531. The van der Waals surface area contributed by atoms with Crippen molar-refractivity contribution in [3.05, 3.63) is 92.8 Å². The van der Waals surface area contributed by atoms with E-state index in [4.69, 9.17) is 32.7 Å². The number of rotatable bonds is 9. The number of para-hydroxylation sites is 1. The number of nitrogens with one attached hydrogen (secondary N) is 1. The minimum Gasteiger partial charge on any atom is -0.490 e. The third-order valence-electron chi connectivity index (χ3n) is 5.18. The molecule has 0 unspecified atom stereocenters. The van der Waals surface area contributed by atoms with Crippen LogP contribution in [0.5, 0.6) is 11.5 Å². The maximum absolute atomic E-state index is 12.9. The number of carbonyl (C=O) groups excluding carboxylic acids is 3. The lowest BCUT2D eigenvalue weighted by Gasteiger charge is -2.13. The van der Waals surface area contributed by atoms with Gasteiger partial charge in [0.15, 0.2) is 11.5 Å². The van der Waals surface area contributed by atoms with Crippen LogP contribution in [0.25, 0.3) is 6.08 Å². The number of benzene rings is 3. The maximum atomic E-state index is 12.9. The average Bonchev–Trinajstić information content (AvgIpc) is 3.13. The molecule has 7 nitrogen and oxygen atoms in total. The summed E-state index contributed by atoms with van der Waals surface area (Å²) in [6, 6.07) is 19.3. The van der Waals surface area contributed by atoms with E-state index < -0.39 is 17.1 Å². The van der Waals surface area contributed by atoms with Crippen molar-refractivity contribution in [2.45, 2.75) is 13.5 Å². The Labute approximate surface area is 228 Å². The highest BCUT2D eigenvalue weighted by Crippen LogP contribution is 2.35. The normalized spacial score (nSPS) is 14.2. The molecule has 3 aromatic carbocycles. The molecule has 0 atom stereocenters. The molecule has 1 aliphatic heterocycles. The van der Waals surface area contributed by atoms with E-state index in [0.717, 1.165) is 22.2 Å². The maximum Gasteiger partial charge on any atom is 0.294 e. The van der Waals surface area contributed by atoms with Gasteiger partial charge >= 0.3 is 0 Å². The van der Waals surface area contributed by atoms with Crippen LogP contribution in [0.4, 0.5) is 10.5 Å². The quantitative estimate of drug-likeness (QED) is 0.297.